The average Bonchev–Trinajstić information content (AvgIpc) is 3.27. The summed E-state index contributed by atoms with van der Waals surface area (Å²) in [4.78, 5) is 13.5. The van der Waals surface area contributed by atoms with E-state index in [0.717, 1.165) is 37.3 Å². The maximum Gasteiger partial charge on any atom is 0.410 e. The van der Waals surface area contributed by atoms with Crippen molar-refractivity contribution in [1.82, 2.24) is 4.90 Å². The van der Waals surface area contributed by atoms with E-state index < -0.39 is 0 Å². The molecule has 1 aliphatic carbocycles. The van der Waals surface area contributed by atoms with Crippen LogP contribution in [0.3, 0.4) is 0 Å². The molecule has 2 atom stereocenters. The van der Waals surface area contributed by atoms with Gasteiger partial charge < -0.3 is 19.1 Å². The van der Waals surface area contributed by atoms with E-state index in [0.29, 0.717) is 18.6 Å². The Bertz CT molecular complexity index is 597. The molecule has 2 saturated heterocycles. The van der Waals surface area contributed by atoms with Crippen molar-refractivity contribution in [1.29, 1.82) is 0 Å². The van der Waals surface area contributed by atoms with Crippen molar-refractivity contribution in [2.24, 2.45) is 0 Å². The normalized spacial score (nSPS) is 27.2. The van der Waals surface area contributed by atoms with Crippen molar-refractivity contribution in [3.8, 4) is 11.5 Å². The lowest BCUT2D eigenvalue weighted by atomic mass is 9.92. The van der Waals surface area contributed by atoms with Gasteiger partial charge in [0.25, 0.3) is 0 Å². The first kappa shape index (κ1) is 14.7. The lowest BCUT2D eigenvalue weighted by Crippen LogP contribution is -2.29. The van der Waals surface area contributed by atoms with Crippen LogP contribution in [0.5, 0.6) is 11.5 Å². The Morgan fingerprint density at radius 3 is 2.78 bits per heavy atom. The summed E-state index contributed by atoms with van der Waals surface area (Å²) >= 11 is 0. The molecule has 0 radical (unpaired) electrons. The van der Waals surface area contributed by atoms with Gasteiger partial charge in [-0.1, -0.05) is 6.07 Å². The third-order valence-electron chi connectivity index (χ3n) is 5.37. The van der Waals surface area contributed by atoms with Crippen LogP contribution in [-0.4, -0.2) is 43.4 Å². The molecule has 1 saturated carbocycles. The number of amides is 1. The zero-order valence-corrected chi connectivity index (χ0v) is 13.5. The predicted octanol–water partition coefficient (Wildman–Crippen LogP) is 3.32. The van der Waals surface area contributed by atoms with Gasteiger partial charge in [0.2, 0.25) is 0 Å². The second kappa shape index (κ2) is 5.95. The summed E-state index contributed by atoms with van der Waals surface area (Å²) in [6.07, 6.45) is 5.83. The molecular weight excluding hydrogens is 294 g/mol. The summed E-state index contributed by atoms with van der Waals surface area (Å²) in [5, 5.41) is 0. The van der Waals surface area contributed by atoms with Crippen LogP contribution in [0.25, 0.3) is 0 Å². The molecule has 23 heavy (non-hydrogen) atoms. The van der Waals surface area contributed by atoms with Crippen LogP contribution in [0.1, 0.15) is 43.6 Å². The molecule has 5 nitrogen and oxygen atoms in total. The van der Waals surface area contributed by atoms with Gasteiger partial charge in [0.15, 0.2) is 11.5 Å². The van der Waals surface area contributed by atoms with Crippen LogP contribution in [0.4, 0.5) is 4.79 Å². The van der Waals surface area contributed by atoms with E-state index in [-0.39, 0.29) is 12.1 Å². The van der Waals surface area contributed by atoms with E-state index in [1.54, 1.807) is 7.11 Å². The van der Waals surface area contributed by atoms with Crippen molar-refractivity contribution in [3.05, 3.63) is 23.8 Å². The first-order valence-electron chi connectivity index (χ1n) is 8.54. The first-order chi connectivity index (χ1) is 11.3. The van der Waals surface area contributed by atoms with Crippen LogP contribution in [-0.2, 0) is 4.74 Å². The van der Waals surface area contributed by atoms with Crippen molar-refractivity contribution >= 4 is 6.09 Å². The maximum absolute atomic E-state index is 11.7. The monoisotopic (exact) mass is 317 g/mol. The minimum absolute atomic E-state index is 0.162. The second-order valence-corrected chi connectivity index (χ2v) is 6.67. The third kappa shape index (κ3) is 2.62. The van der Waals surface area contributed by atoms with Gasteiger partial charge >= 0.3 is 6.09 Å². The van der Waals surface area contributed by atoms with Crippen LogP contribution in [0, 0.1) is 0 Å². The number of fused-ring (bicyclic) bond motifs is 1. The molecule has 4 rings (SSSR count). The van der Waals surface area contributed by atoms with E-state index in [2.05, 4.69) is 12.1 Å². The van der Waals surface area contributed by atoms with Crippen molar-refractivity contribution in [3.63, 3.8) is 0 Å². The van der Waals surface area contributed by atoms with Gasteiger partial charge in [0.05, 0.1) is 19.3 Å². The Kier molecular flexibility index (Phi) is 3.79. The zero-order chi connectivity index (χ0) is 15.8. The van der Waals surface area contributed by atoms with Crippen LogP contribution in [0.15, 0.2) is 18.2 Å². The van der Waals surface area contributed by atoms with Crippen molar-refractivity contribution in [2.75, 3.05) is 20.3 Å². The zero-order valence-electron chi connectivity index (χ0n) is 13.5. The predicted molar refractivity (Wildman–Crippen MR) is 85.1 cm³/mol. The number of carbonyl (C=O) groups excluding carboxylic acids is 1. The van der Waals surface area contributed by atoms with E-state index in [4.69, 9.17) is 14.2 Å². The third-order valence-corrected chi connectivity index (χ3v) is 5.37. The van der Waals surface area contributed by atoms with Gasteiger partial charge in [-0.15, -0.1) is 0 Å². The highest BCUT2D eigenvalue weighted by Crippen LogP contribution is 2.40. The highest BCUT2D eigenvalue weighted by Gasteiger charge is 2.44. The summed E-state index contributed by atoms with van der Waals surface area (Å²) in [6, 6.07) is 6.35. The Morgan fingerprint density at radius 1 is 1.17 bits per heavy atom. The smallest absolute Gasteiger partial charge is 0.410 e. The van der Waals surface area contributed by atoms with Gasteiger partial charge in [0, 0.05) is 12.5 Å². The van der Waals surface area contributed by atoms with Gasteiger partial charge in [-0.2, -0.15) is 0 Å². The highest BCUT2D eigenvalue weighted by atomic mass is 16.6. The van der Waals surface area contributed by atoms with Gasteiger partial charge in [0.1, 0.15) is 6.61 Å². The first-order valence-corrected chi connectivity index (χ1v) is 8.54. The average molecular weight is 317 g/mol. The fraction of sp³-hybridized carbons (Fsp3) is 0.611. The molecule has 0 spiro atoms. The molecule has 5 heteroatoms. The number of cyclic esters (lactones) is 1. The van der Waals surface area contributed by atoms with Crippen LogP contribution >= 0.6 is 0 Å². The highest BCUT2D eigenvalue weighted by molar-refractivity contribution is 5.71. The number of ether oxygens (including phenoxy) is 3. The SMILES string of the molecule is COc1ccc([C@@H]2CCN3C(=O)OC[C@H]23)cc1OC1CCCC1. The number of carbonyl (C=O) groups is 1. The molecule has 2 aliphatic heterocycles. The number of hydrogen-bond donors (Lipinski definition) is 0. The topological polar surface area (TPSA) is 48.0 Å². The molecule has 1 aromatic rings. The summed E-state index contributed by atoms with van der Waals surface area (Å²) in [7, 11) is 1.68. The largest absolute Gasteiger partial charge is 0.493 e. The van der Waals surface area contributed by atoms with E-state index in [9.17, 15) is 4.79 Å². The van der Waals surface area contributed by atoms with Crippen LogP contribution < -0.4 is 9.47 Å². The lowest BCUT2D eigenvalue weighted by molar-refractivity contribution is 0.159. The Labute approximate surface area is 136 Å². The number of methoxy groups -OCH3 is 1. The van der Waals surface area contributed by atoms with E-state index in [1.165, 1.54) is 18.4 Å². The van der Waals surface area contributed by atoms with Crippen LogP contribution in [0.2, 0.25) is 0 Å². The second-order valence-electron chi connectivity index (χ2n) is 6.67. The van der Waals surface area contributed by atoms with Gasteiger partial charge in [-0.05, 0) is 49.8 Å². The summed E-state index contributed by atoms with van der Waals surface area (Å²) in [5.74, 6) is 1.94. The molecule has 0 N–H and O–H groups in total. The summed E-state index contributed by atoms with van der Waals surface area (Å²) in [5.41, 5.74) is 1.21. The fourth-order valence-corrected chi connectivity index (χ4v) is 4.12. The molecule has 0 unspecified atom stereocenters. The molecular formula is C18H23NO4. The Morgan fingerprint density at radius 2 is 2.00 bits per heavy atom. The maximum atomic E-state index is 11.7. The Hall–Kier alpha value is -1.91. The summed E-state index contributed by atoms with van der Waals surface area (Å²) < 4.78 is 16.8. The number of benzene rings is 1. The number of hydrogen-bond acceptors (Lipinski definition) is 4. The van der Waals surface area contributed by atoms with Gasteiger partial charge in [-0.3, -0.25) is 0 Å². The molecule has 1 amide bonds. The fourth-order valence-electron chi connectivity index (χ4n) is 4.12. The number of nitrogens with zero attached hydrogens (tertiary/aromatic N) is 1. The number of rotatable bonds is 4. The molecule has 2 heterocycles. The van der Waals surface area contributed by atoms with Gasteiger partial charge in [-0.25, -0.2) is 4.79 Å². The molecule has 124 valence electrons. The quantitative estimate of drug-likeness (QED) is 0.854. The van der Waals surface area contributed by atoms with E-state index >= 15 is 0 Å². The molecule has 3 fully saturated rings. The molecule has 0 bridgehead atoms. The molecule has 0 aromatic heterocycles. The Balaban J connectivity index is 1.58. The minimum atomic E-state index is -0.173. The van der Waals surface area contributed by atoms with E-state index in [1.807, 2.05) is 11.0 Å². The summed E-state index contributed by atoms with van der Waals surface area (Å²) in [6.45, 7) is 1.27. The van der Waals surface area contributed by atoms with Crippen molar-refractivity contribution in [2.45, 2.75) is 50.2 Å². The molecule has 3 aliphatic rings. The minimum Gasteiger partial charge on any atom is -0.493 e. The standard InChI is InChI=1S/C18H23NO4/c1-21-16-7-6-12(10-17(16)23-13-4-2-3-5-13)14-8-9-19-15(14)11-22-18(19)20/h6-7,10,13-15H,2-5,8-9,11H2,1H3/t14-,15+/m0/s1. The lowest BCUT2D eigenvalue weighted by Gasteiger charge is -2.21. The molecule has 1 aromatic carbocycles. The van der Waals surface area contributed by atoms with Crippen molar-refractivity contribution < 1.29 is 19.0 Å².